The molecule has 0 aliphatic rings. The minimum absolute atomic E-state index is 0.0705. The topological polar surface area (TPSA) is 34.9 Å². The van der Waals surface area contributed by atoms with E-state index in [1.54, 1.807) is 4.68 Å². The second-order valence-corrected chi connectivity index (χ2v) is 4.66. The Kier molecular flexibility index (Phi) is 3.32. The summed E-state index contributed by atoms with van der Waals surface area (Å²) in [4.78, 5) is 12.6. The lowest BCUT2D eigenvalue weighted by atomic mass is 9.97. The minimum Gasteiger partial charge on any atom is -0.288 e. The van der Waals surface area contributed by atoms with Crippen LogP contribution in [0.2, 0.25) is 0 Å². The van der Waals surface area contributed by atoms with Crippen molar-refractivity contribution in [3.63, 3.8) is 0 Å². The normalized spacial score (nSPS) is 10.7. The average molecular weight is 242 g/mol. The molecule has 0 aliphatic carbocycles. The maximum Gasteiger partial charge on any atom is 0.196 e. The van der Waals surface area contributed by atoms with Crippen molar-refractivity contribution in [3.8, 4) is 0 Å². The quantitative estimate of drug-likeness (QED) is 0.776. The van der Waals surface area contributed by atoms with Crippen LogP contribution in [-0.2, 0) is 13.5 Å². The lowest BCUT2D eigenvalue weighted by molar-refractivity contribution is 0.103. The number of rotatable bonds is 3. The van der Waals surface area contributed by atoms with Crippen molar-refractivity contribution < 1.29 is 4.79 Å². The fourth-order valence-electron chi connectivity index (χ4n) is 2.11. The maximum atomic E-state index is 12.6. The monoisotopic (exact) mass is 242 g/mol. The summed E-state index contributed by atoms with van der Waals surface area (Å²) in [5.74, 6) is 0.0705. The van der Waals surface area contributed by atoms with Gasteiger partial charge in [0.15, 0.2) is 5.78 Å². The Morgan fingerprint density at radius 2 is 2.00 bits per heavy atom. The van der Waals surface area contributed by atoms with Gasteiger partial charge >= 0.3 is 0 Å². The van der Waals surface area contributed by atoms with E-state index in [1.807, 2.05) is 52.2 Å². The van der Waals surface area contributed by atoms with Gasteiger partial charge in [-0.1, -0.05) is 24.6 Å². The average Bonchev–Trinajstić information content (AvgIpc) is 2.72. The summed E-state index contributed by atoms with van der Waals surface area (Å²) in [5.41, 5.74) is 4.47. The zero-order valence-electron chi connectivity index (χ0n) is 11.3. The standard InChI is InChI=1S/C15H18N2O/c1-5-14-13(9-17(4)16-14)15(18)12-8-10(2)6-7-11(12)3/h6-9H,5H2,1-4H3. The molecule has 0 bridgehead atoms. The highest BCUT2D eigenvalue weighted by atomic mass is 16.1. The van der Waals surface area contributed by atoms with Gasteiger partial charge in [0, 0.05) is 18.8 Å². The van der Waals surface area contributed by atoms with Crippen molar-refractivity contribution in [1.82, 2.24) is 9.78 Å². The smallest absolute Gasteiger partial charge is 0.196 e. The maximum absolute atomic E-state index is 12.6. The van der Waals surface area contributed by atoms with Crippen LogP contribution in [-0.4, -0.2) is 15.6 Å². The van der Waals surface area contributed by atoms with Crippen LogP contribution in [0.4, 0.5) is 0 Å². The van der Waals surface area contributed by atoms with E-state index >= 15 is 0 Å². The van der Waals surface area contributed by atoms with Gasteiger partial charge in [0.25, 0.3) is 0 Å². The van der Waals surface area contributed by atoms with Crippen LogP contribution in [0.25, 0.3) is 0 Å². The zero-order chi connectivity index (χ0) is 13.3. The number of benzene rings is 1. The number of aryl methyl sites for hydroxylation is 4. The molecule has 0 saturated carbocycles. The van der Waals surface area contributed by atoms with Gasteiger partial charge in [-0.15, -0.1) is 0 Å². The Bertz CT molecular complexity index is 597. The second-order valence-electron chi connectivity index (χ2n) is 4.66. The SMILES string of the molecule is CCc1nn(C)cc1C(=O)c1cc(C)ccc1C. The summed E-state index contributed by atoms with van der Waals surface area (Å²) in [6.45, 7) is 5.98. The van der Waals surface area contributed by atoms with E-state index in [2.05, 4.69) is 5.10 Å². The molecule has 1 aromatic carbocycles. The molecule has 3 heteroatoms. The molecule has 0 unspecified atom stereocenters. The summed E-state index contributed by atoms with van der Waals surface area (Å²) in [5, 5.41) is 4.32. The highest BCUT2D eigenvalue weighted by Gasteiger charge is 2.17. The molecular formula is C15H18N2O. The van der Waals surface area contributed by atoms with Gasteiger partial charge in [-0.2, -0.15) is 5.10 Å². The van der Waals surface area contributed by atoms with Crippen molar-refractivity contribution in [2.75, 3.05) is 0 Å². The first-order chi connectivity index (χ1) is 8.52. The first-order valence-corrected chi connectivity index (χ1v) is 6.17. The predicted molar refractivity (Wildman–Crippen MR) is 71.9 cm³/mol. The molecule has 0 radical (unpaired) electrons. The van der Waals surface area contributed by atoms with E-state index in [1.165, 1.54) is 0 Å². The first-order valence-electron chi connectivity index (χ1n) is 6.17. The van der Waals surface area contributed by atoms with E-state index in [0.717, 1.165) is 28.8 Å². The zero-order valence-corrected chi connectivity index (χ0v) is 11.3. The van der Waals surface area contributed by atoms with Crippen molar-refractivity contribution in [1.29, 1.82) is 0 Å². The fraction of sp³-hybridized carbons (Fsp3) is 0.333. The molecule has 0 atom stereocenters. The highest BCUT2D eigenvalue weighted by Crippen LogP contribution is 2.18. The van der Waals surface area contributed by atoms with Gasteiger partial charge in [0.1, 0.15) is 0 Å². The molecule has 94 valence electrons. The Labute approximate surface area is 107 Å². The molecule has 0 amide bonds. The summed E-state index contributed by atoms with van der Waals surface area (Å²) < 4.78 is 1.71. The molecule has 3 nitrogen and oxygen atoms in total. The molecule has 1 heterocycles. The van der Waals surface area contributed by atoms with Crippen LogP contribution in [0.5, 0.6) is 0 Å². The van der Waals surface area contributed by atoms with E-state index in [0.29, 0.717) is 5.56 Å². The molecule has 0 fully saturated rings. The third kappa shape index (κ3) is 2.21. The van der Waals surface area contributed by atoms with Crippen molar-refractivity contribution in [2.45, 2.75) is 27.2 Å². The Morgan fingerprint density at radius 3 is 2.67 bits per heavy atom. The third-order valence-corrected chi connectivity index (χ3v) is 3.12. The number of hydrogen-bond acceptors (Lipinski definition) is 2. The predicted octanol–water partition coefficient (Wildman–Crippen LogP) is 2.83. The van der Waals surface area contributed by atoms with E-state index in [9.17, 15) is 4.79 Å². The molecule has 0 N–H and O–H groups in total. The van der Waals surface area contributed by atoms with Crippen LogP contribution >= 0.6 is 0 Å². The number of carbonyl (C=O) groups excluding carboxylic acids is 1. The van der Waals surface area contributed by atoms with Gasteiger partial charge < -0.3 is 0 Å². The Hall–Kier alpha value is -1.90. The highest BCUT2D eigenvalue weighted by molar-refractivity contribution is 6.10. The lowest BCUT2D eigenvalue weighted by Crippen LogP contribution is -2.05. The molecule has 2 rings (SSSR count). The molecular weight excluding hydrogens is 224 g/mol. The lowest BCUT2D eigenvalue weighted by Gasteiger charge is -2.05. The Morgan fingerprint density at radius 1 is 1.28 bits per heavy atom. The van der Waals surface area contributed by atoms with Crippen LogP contribution in [0.15, 0.2) is 24.4 Å². The van der Waals surface area contributed by atoms with Gasteiger partial charge in [0.2, 0.25) is 0 Å². The summed E-state index contributed by atoms with van der Waals surface area (Å²) in [7, 11) is 1.85. The number of nitrogens with zero attached hydrogens (tertiary/aromatic N) is 2. The summed E-state index contributed by atoms with van der Waals surface area (Å²) >= 11 is 0. The number of ketones is 1. The van der Waals surface area contributed by atoms with Gasteiger partial charge in [-0.05, 0) is 31.9 Å². The van der Waals surface area contributed by atoms with E-state index in [4.69, 9.17) is 0 Å². The molecule has 0 saturated heterocycles. The van der Waals surface area contributed by atoms with Gasteiger partial charge in [-0.25, -0.2) is 0 Å². The molecule has 1 aromatic heterocycles. The molecule has 0 spiro atoms. The minimum atomic E-state index is 0.0705. The van der Waals surface area contributed by atoms with Gasteiger partial charge in [0.05, 0.1) is 11.3 Å². The summed E-state index contributed by atoms with van der Waals surface area (Å²) in [6.07, 6.45) is 2.58. The number of aromatic nitrogens is 2. The number of hydrogen-bond donors (Lipinski definition) is 0. The van der Waals surface area contributed by atoms with Crippen LogP contribution in [0.3, 0.4) is 0 Å². The molecule has 2 aromatic rings. The number of carbonyl (C=O) groups is 1. The first kappa shape index (κ1) is 12.6. The van der Waals surface area contributed by atoms with Crippen LogP contribution < -0.4 is 0 Å². The van der Waals surface area contributed by atoms with E-state index < -0.39 is 0 Å². The second kappa shape index (κ2) is 4.77. The Balaban J connectivity index is 2.50. The van der Waals surface area contributed by atoms with Crippen LogP contribution in [0, 0.1) is 13.8 Å². The summed E-state index contributed by atoms with van der Waals surface area (Å²) in [6, 6.07) is 5.96. The largest absolute Gasteiger partial charge is 0.288 e. The van der Waals surface area contributed by atoms with Crippen molar-refractivity contribution >= 4 is 5.78 Å². The molecule has 0 aliphatic heterocycles. The van der Waals surface area contributed by atoms with Crippen LogP contribution in [0.1, 0.15) is 39.7 Å². The fourth-order valence-corrected chi connectivity index (χ4v) is 2.11. The third-order valence-electron chi connectivity index (χ3n) is 3.12. The molecule has 18 heavy (non-hydrogen) atoms. The van der Waals surface area contributed by atoms with Crippen molar-refractivity contribution in [2.24, 2.45) is 7.05 Å². The van der Waals surface area contributed by atoms with E-state index in [-0.39, 0.29) is 5.78 Å². The van der Waals surface area contributed by atoms with Crippen molar-refractivity contribution in [3.05, 3.63) is 52.3 Å². The van der Waals surface area contributed by atoms with Gasteiger partial charge in [-0.3, -0.25) is 9.48 Å².